The first kappa shape index (κ1) is 22.0. The van der Waals surface area contributed by atoms with Gasteiger partial charge in [-0.25, -0.2) is 4.79 Å². The molecule has 2 heterocycles. The molecule has 1 aliphatic heterocycles. The maximum atomic E-state index is 12.9. The number of carbonyl (C=O) groups excluding carboxylic acids is 2. The van der Waals surface area contributed by atoms with Crippen molar-refractivity contribution in [1.29, 1.82) is 0 Å². The Kier molecular flexibility index (Phi) is 6.86. The van der Waals surface area contributed by atoms with E-state index in [1.807, 2.05) is 68.4 Å². The fraction of sp³-hybridized carbons (Fsp3) is 0.333. The number of Topliss-reactive ketones (excluding diaryl/α,β-unsaturated/α-hetero) is 1. The molecule has 0 aliphatic carbocycles. The summed E-state index contributed by atoms with van der Waals surface area (Å²) in [6, 6.07) is 19.2. The summed E-state index contributed by atoms with van der Waals surface area (Å²) in [6.45, 7) is 5.20. The van der Waals surface area contributed by atoms with Crippen LogP contribution in [0.3, 0.4) is 0 Å². The molecule has 0 saturated carbocycles. The molecule has 0 unspecified atom stereocenters. The average molecular weight is 432 g/mol. The first-order valence-electron chi connectivity index (χ1n) is 11.1. The van der Waals surface area contributed by atoms with Gasteiger partial charge in [-0.3, -0.25) is 4.79 Å². The molecule has 2 aromatic carbocycles. The number of esters is 1. The summed E-state index contributed by atoms with van der Waals surface area (Å²) < 4.78 is 13.3. The van der Waals surface area contributed by atoms with Crippen molar-refractivity contribution >= 4 is 11.8 Å². The van der Waals surface area contributed by atoms with E-state index >= 15 is 0 Å². The molecular formula is C27H29NO4. The van der Waals surface area contributed by atoms with Gasteiger partial charge in [0.1, 0.15) is 0 Å². The second kappa shape index (κ2) is 9.96. The number of benzene rings is 2. The van der Waals surface area contributed by atoms with Crippen LogP contribution in [0.4, 0.5) is 0 Å². The van der Waals surface area contributed by atoms with Crippen molar-refractivity contribution in [2.75, 3.05) is 13.2 Å². The molecule has 0 N–H and O–H groups in total. The van der Waals surface area contributed by atoms with Crippen molar-refractivity contribution in [3.63, 3.8) is 0 Å². The van der Waals surface area contributed by atoms with Gasteiger partial charge >= 0.3 is 5.97 Å². The Bertz CT molecular complexity index is 1090. The van der Waals surface area contributed by atoms with Gasteiger partial charge in [0.05, 0.1) is 11.7 Å². The zero-order valence-corrected chi connectivity index (χ0v) is 18.7. The lowest BCUT2D eigenvalue weighted by atomic mass is 10.00. The Hall–Kier alpha value is -3.18. The standard InChI is InChI=1S/C27H29NO4/c1-19-15-25(20(2)28(19)17-23-12-8-14-31-23)26(29)18-32-27(30)24-13-7-6-11-22(24)16-21-9-4-3-5-10-21/h3-7,9-11,13,15,23H,8,12,14,16-18H2,1-2H3/t23-/m0/s1. The first-order valence-corrected chi connectivity index (χ1v) is 11.1. The highest BCUT2D eigenvalue weighted by Crippen LogP contribution is 2.21. The molecule has 1 atom stereocenters. The Morgan fingerprint density at radius 3 is 2.53 bits per heavy atom. The van der Waals surface area contributed by atoms with Gasteiger partial charge in [-0.05, 0) is 56.4 Å². The minimum atomic E-state index is -0.474. The Morgan fingerprint density at radius 1 is 1.03 bits per heavy atom. The molecule has 5 heteroatoms. The second-order valence-corrected chi connectivity index (χ2v) is 8.35. The minimum absolute atomic E-state index is 0.189. The van der Waals surface area contributed by atoms with Crippen molar-refractivity contribution in [3.8, 4) is 0 Å². The number of hydrogen-bond donors (Lipinski definition) is 0. The number of hydrogen-bond acceptors (Lipinski definition) is 4. The smallest absolute Gasteiger partial charge is 0.338 e. The second-order valence-electron chi connectivity index (χ2n) is 8.35. The monoisotopic (exact) mass is 431 g/mol. The van der Waals surface area contributed by atoms with E-state index in [0.717, 1.165) is 48.5 Å². The van der Waals surface area contributed by atoms with Gasteiger partial charge in [-0.15, -0.1) is 0 Å². The molecule has 3 aromatic rings. The maximum Gasteiger partial charge on any atom is 0.338 e. The SMILES string of the molecule is Cc1cc(C(=O)COC(=O)c2ccccc2Cc2ccccc2)c(C)n1C[C@@H]1CCCO1. The van der Waals surface area contributed by atoms with Crippen LogP contribution >= 0.6 is 0 Å². The van der Waals surface area contributed by atoms with Gasteiger partial charge in [0.25, 0.3) is 0 Å². The zero-order valence-electron chi connectivity index (χ0n) is 18.7. The molecule has 0 radical (unpaired) electrons. The summed E-state index contributed by atoms with van der Waals surface area (Å²) in [5, 5.41) is 0. The summed E-state index contributed by atoms with van der Waals surface area (Å²) in [5.74, 6) is -0.663. The number of nitrogens with zero attached hydrogens (tertiary/aromatic N) is 1. The molecular weight excluding hydrogens is 402 g/mol. The Labute approximate surface area is 189 Å². The molecule has 1 saturated heterocycles. The lowest BCUT2D eigenvalue weighted by Crippen LogP contribution is -2.18. The molecule has 1 aromatic heterocycles. The first-order chi connectivity index (χ1) is 15.5. The number of ketones is 1. The summed E-state index contributed by atoms with van der Waals surface area (Å²) in [5.41, 5.74) is 5.00. The lowest BCUT2D eigenvalue weighted by Gasteiger charge is -2.15. The van der Waals surface area contributed by atoms with Gasteiger partial charge in [0, 0.05) is 30.1 Å². The quantitative estimate of drug-likeness (QED) is 0.375. The number of rotatable bonds is 8. The molecule has 32 heavy (non-hydrogen) atoms. The van der Waals surface area contributed by atoms with Crippen molar-refractivity contribution in [1.82, 2.24) is 4.57 Å². The normalized spacial score (nSPS) is 15.6. The molecule has 0 spiro atoms. The van der Waals surface area contributed by atoms with E-state index in [9.17, 15) is 9.59 Å². The Balaban J connectivity index is 1.42. The lowest BCUT2D eigenvalue weighted by molar-refractivity contribution is 0.0473. The van der Waals surface area contributed by atoms with Gasteiger partial charge in [-0.2, -0.15) is 0 Å². The largest absolute Gasteiger partial charge is 0.454 e. The van der Waals surface area contributed by atoms with Crippen LogP contribution in [0.5, 0.6) is 0 Å². The molecule has 0 amide bonds. The maximum absolute atomic E-state index is 12.9. The predicted octanol–water partition coefficient (Wildman–Crippen LogP) is 4.91. The van der Waals surface area contributed by atoms with Gasteiger partial charge in [0.2, 0.25) is 5.78 Å². The van der Waals surface area contributed by atoms with Crippen LogP contribution < -0.4 is 0 Å². The van der Waals surface area contributed by atoms with Crippen LogP contribution in [0.2, 0.25) is 0 Å². The minimum Gasteiger partial charge on any atom is -0.454 e. The van der Waals surface area contributed by atoms with Gasteiger partial charge in [0.15, 0.2) is 6.61 Å². The van der Waals surface area contributed by atoms with Crippen LogP contribution in [-0.2, 0) is 22.4 Å². The third-order valence-electron chi connectivity index (χ3n) is 6.09. The van der Waals surface area contributed by atoms with E-state index in [1.54, 1.807) is 6.07 Å². The highest BCUT2D eigenvalue weighted by Gasteiger charge is 2.22. The highest BCUT2D eigenvalue weighted by atomic mass is 16.5. The van der Waals surface area contributed by atoms with E-state index < -0.39 is 5.97 Å². The van der Waals surface area contributed by atoms with Crippen molar-refractivity contribution in [3.05, 3.63) is 94.3 Å². The number of carbonyl (C=O) groups is 2. The van der Waals surface area contributed by atoms with Crippen molar-refractivity contribution in [2.45, 2.75) is 45.8 Å². The van der Waals surface area contributed by atoms with Crippen LogP contribution in [0, 0.1) is 13.8 Å². The molecule has 5 nitrogen and oxygen atoms in total. The van der Waals surface area contributed by atoms with E-state index in [2.05, 4.69) is 4.57 Å². The fourth-order valence-corrected chi connectivity index (χ4v) is 4.33. The molecule has 1 aliphatic rings. The average Bonchev–Trinajstić information content (AvgIpc) is 3.42. The third-order valence-corrected chi connectivity index (χ3v) is 6.09. The van der Waals surface area contributed by atoms with E-state index in [0.29, 0.717) is 17.5 Å². The number of aryl methyl sites for hydroxylation is 1. The van der Waals surface area contributed by atoms with Crippen molar-refractivity contribution in [2.24, 2.45) is 0 Å². The number of aromatic nitrogens is 1. The van der Waals surface area contributed by atoms with Crippen LogP contribution in [0.25, 0.3) is 0 Å². The molecule has 0 bridgehead atoms. The van der Waals surface area contributed by atoms with Crippen LogP contribution in [0.1, 0.15) is 56.1 Å². The predicted molar refractivity (Wildman–Crippen MR) is 123 cm³/mol. The van der Waals surface area contributed by atoms with Crippen LogP contribution in [0.15, 0.2) is 60.7 Å². The van der Waals surface area contributed by atoms with Crippen molar-refractivity contribution < 1.29 is 19.1 Å². The van der Waals surface area contributed by atoms with Gasteiger partial charge in [-0.1, -0.05) is 48.5 Å². The topological polar surface area (TPSA) is 57.5 Å². The number of ether oxygens (including phenoxy) is 2. The molecule has 166 valence electrons. The molecule has 1 fully saturated rings. The van der Waals surface area contributed by atoms with Gasteiger partial charge < -0.3 is 14.0 Å². The Morgan fingerprint density at radius 2 is 1.78 bits per heavy atom. The summed E-state index contributed by atoms with van der Waals surface area (Å²) in [6.07, 6.45) is 2.95. The summed E-state index contributed by atoms with van der Waals surface area (Å²) in [7, 11) is 0. The summed E-state index contributed by atoms with van der Waals surface area (Å²) in [4.78, 5) is 25.6. The van der Waals surface area contributed by atoms with E-state index in [1.165, 1.54) is 0 Å². The van der Waals surface area contributed by atoms with Crippen LogP contribution in [-0.4, -0.2) is 35.6 Å². The highest BCUT2D eigenvalue weighted by molar-refractivity contribution is 6.00. The van der Waals surface area contributed by atoms with E-state index in [4.69, 9.17) is 9.47 Å². The van der Waals surface area contributed by atoms with E-state index in [-0.39, 0.29) is 18.5 Å². The summed E-state index contributed by atoms with van der Waals surface area (Å²) >= 11 is 0. The zero-order chi connectivity index (χ0) is 22.5. The fourth-order valence-electron chi connectivity index (χ4n) is 4.33. The third kappa shape index (κ3) is 5.00. The molecule has 4 rings (SSSR count).